The minimum Gasteiger partial charge on any atom is -0.395 e. The lowest BCUT2D eigenvalue weighted by Gasteiger charge is -2.19. The van der Waals surface area contributed by atoms with Crippen molar-refractivity contribution in [2.24, 2.45) is 0 Å². The van der Waals surface area contributed by atoms with Crippen molar-refractivity contribution in [2.45, 2.75) is 19.3 Å². The van der Waals surface area contributed by atoms with Gasteiger partial charge in [0, 0.05) is 13.0 Å². The monoisotopic (exact) mass is 135 g/mol. The van der Waals surface area contributed by atoms with Crippen LogP contribution in [0.5, 0.6) is 0 Å². The van der Waals surface area contributed by atoms with Crippen molar-refractivity contribution in [1.29, 1.82) is 0 Å². The summed E-state index contributed by atoms with van der Waals surface area (Å²) in [5, 5.41) is 28.1. The fourth-order valence-electron chi connectivity index (χ4n) is 0.381. The second-order valence-corrected chi connectivity index (χ2v) is 1.82. The molecule has 0 aliphatic heterocycles. The molecule has 0 saturated carbocycles. The summed E-state index contributed by atoms with van der Waals surface area (Å²) in [5.74, 6) is -1.82. The van der Waals surface area contributed by atoms with Gasteiger partial charge >= 0.3 is 0 Å². The molecule has 0 aromatic carbocycles. The van der Waals surface area contributed by atoms with Gasteiger partial charge in [0.2, 0.25) is 5.91 Å². The predicted octanol–water partition coefficient (Wildman–Crippen LogP) is -1.38. The van der Waals surface area contributed by atoms with Gasteiger partial charge in [-0.15, -0.1) is 0 Å². The summed E-state index contributed by atoms with van der Waals surface area (Å²) in [4.78, 5) is 0. The third-order valence-corrected chi connectivity index (χ3v) is 1.01. The van der Waals surface area contributed by atoms with Gasteiger partial charge in [-0.1, -0.05) is 6.92 Å². The Labute approximate surface area is 54.1 Å². The van der Waals surface area contributed by atoms with E-state index in [1.54, 1.807) is 6.92 Å². The number of aliphatic hydroxyl groups excluding tert-OH is 1. The molecule has 0 atom stereocenters. The Hall–Kier alpha value is -0.160. The van der Waals surface area contributed by atoms with Crippen LogP contribution in [0.3, 0.4) is 0 Å². The number of aliphatic hydroxyl groups is 3. The average Bonchev–Trinajstić information content (AvgIpc) is 1.84. The van der Waals surface area contributed by atoms with Crippen LogP contribution >= 0.6 is 0 Å². The molecule has 0 aromatic rings. The Morgan fingerprint density at radius 1 is 1.44 bits per heavy atom. The molecule has 4 heteroatoms. The highest BCUT2D eigenvalue weighted by Crippen LogP contribution is 1.97. The average molecular weight is 135 g/mol. The molecular formula is C5H13NO3. The van der Waals surface area contributed by atoms with Crippen LogP contribution in [0.25, 0.3) is 0 Å². The van der Waals surface area contributed by atoms with Crippen molar-refractivity contribution < 1.29 is 15.3 Å². The van der Waals surface area contributed by atoms with Crippen molar-refractivity contribution in [2.75, 3.05) is 13.2 Å². The van der Waals surface area contributed by atoms with Crippen LogP contribution in [-0.2, 0) is 0 Å². The maximum absolute atomic E-state index is 8.79. The standard InChI is InChI=1S/C5H13NO3/c1-2-5(8,9)6-3-4-7/h6-9H,2-4H2,1H3. The zero-order valence-electron chi connectivity index (χ0n) is 5.46. The van der Waals surface area contributed by atoms with E-state index in [0.29, 0.717) is 0 Å². The maximum Gasteiger partial charge on any atom is 0.222 e. The van der Waals surface area contributed by atoms with Gasteiger partial charge < -0.3 is 15.3 Å². The first-order valence-electron chi connectivity index (χ1n) is 2.93. The lowest BCUT2D eigenvalue weighted by molar-refractivity contribution is -0.187. The topological polar surface area (TPSA) is 72.7 Å². The van der Waals surface area contributed by atoms with Crippen molar-refractivity contribution in [3.05, 3.63) is 0 Å². The van der Waals surface area contributed by atoms with Crippen LogP contribution < -0.4 is 5.32 Å². The van der Waals surface area contributed by atoms with Crippen molar-refractivity contribution in [3.63, 3.8) is 0 Å². The third kappa shape index (κ3) is 4.35. The molecule has 0 aliphatic carbocycles. The predicted molar refractivity (Wildman–Crippen MR) is 32.5 cm³/mol. The number of rotatable bonds is 4. The van der Waals surface area contributed by atoms with E-state index >= 15 is 0 Å². The summed E-state index contributed by atoms with van der Waals surface area (Å²) in [5.41, 5.74) is 0. The molecule has 0 fully saturated rings. The fourth-order valence-corrected chi connectivity index (χ4v) is 0.381. The Kier molecular flexibility index (Phi) is 3.72. The third-order valence-electron chi connectivity index (χ3n) is 1.01. The largest absolute Gasteiger partial charge is 0.395 e. The van der Waals surface area contributed by atoms with Gasteiger partial charge in [0.15, 0.2) is 0 Å². The Morgan fingerprint density at radius 3 is 2.33 bits per heavy atom. The summed E-state index contributed by atoms with van der Waals surface area (Å²) in [6, 6.07) is 0. The first-order valence-corrected chi connectivity index (χ1v) is 2.93. The molecule has 9 heavy (non-hydrogen) atoms. The Bertz CT molecular complexity index is 74.6. The highest BCUT2D eigenvalue weighted by Gasteiger charge is 2.17. The van der Waals surface area contributed by atoms with Gasteiger partial charge in [0.25, 0.3) is 0 Å². The normalized spacial score (nSPS) is 12.0. The van der Waals surface area contributed by atoms with E-state index < -0.39 is 5.91 Å². The zero-order chi connectivity index (χ0) is 7.33. The summed E-state index contributed by atoms with van der Waals surface area (Å²) in [6.07, 6.45) is 0.201. The van der Waals surface area contributed by atoms with Gasteiger partial charge in [-0.25, -0.2) is 0 Å². The molecule has 0 aliphatic rings. The van der Waals surface area contributed by atoms with Gasteiger partial charge in [-0.3, -0.25) is 5.32 Å². The van der Waals surface area contributed by atoms with Crippen molar-refractivity contribution in [3.8, 4) is 0 Å². The minimum absolute atomic E-state index is 0.0944. The molecular weight excluding hydrogens is 122 g/mol. The Morgan fingerprint density at radius 2 is 2.00 bits per heavy atom. The minimum atomic E-state index is -1.82. The first kappa shape index (κ1) is 8.84. The lowest BCUT2D eigenvalue weighted by Crippen LogP contribution is -2.45. The summed E-state index contributed by atoms with van der Waals surface area (Å²) < 4.78 is 0. The molecule has 4 N–H and O–H groups in total. The molecule has 0 saturated heterocycles. The number of hydrogen-bond acceptors (Lipinski definition) is 4. The van der Waals surface area contributed by atoms with Crippen LogP contribution in [0.15, 0.2) is 0 Å². The lowest BCUT2D eigenvalue weighted by atomic mass is 10.3. The second kappa shape index (κ2) is 3.79. The molecule has 0 unspecified atom stereocenters. The first-order chi connectivity index (χ1) is 4.12. The summed E-state index contributed by atoms with van der Waals surface area (Å²) in [6.45, 7) is 1.73. The molecule has 0 spiro atoms. The second-order valence-electron chi connectivity index (χ2n) is 1.82. The molecule has 0 bridgehead atoms. The van der Waals surface area contributed by atoms with Gasteiger partial charge in [0.1, 0.15) is 0 Å². The van der Waals surface area contributed by atoms with Crippen molar-refractivity contribution in [1.82, 2.24) is 5.32 Å². The highest BCUT2D eigenvalue weighted by molar-refractivity contribution is 4.56. The van der Waals surface area contributed by atoms with Crippen LogP contribution in [0.2, 0.25) is 0 Å². The molecule has 4 nitrogen and oxygen atoms in total. The van der Waals surface area contributed by atoms with E-state index in [9.17, 15) is 0 Å². The molecule has 0 radical (unpaired) electrons. The van der Waals surface area contributed by atoms with Crippen LogP contribution in [0.4, 0.5) is 0 Å². The molecule has 0 aromatic heterocycles. The quantitative estimate of drug-likeness (QED) is 0.358. The molecule has 0 rings (SSSR count). The highest BCUT2D eigenvalue weighted by atomic mass is 16.5. The van der Waals surface area contributed by atoms with Gasteiger partial charge in [-0.2, -0.15) is 0 Å². The summed E-state index contributed by atoms with van der Waals surface area (Å²) >= 11 is 0. The van der Waals surface area contributed by atoms with Crippen LogP contribution in [0.1, 0.15) is 13.3 Å². The smallest absolute Gasteiger partial charge is 0.222 e. The van der Waals surface area contributed by atoms with Gasteiger partial charge in [-0.05, 0) is 0 Å². The van der Waals surface area contributed by atoms with Crippen LogP contribution in [-0.4, -0.2) is 34.4 Å². The summed E-state index contributed by atoms with van der Waals surface area (Å²) in [7, 11) is 0. The van der Waals surface area contributed by atoms with Crippen molar-refractivity contribution >= 4 is 0 Å². The molecule has 0 heterocycles. The van der Waals surface area contributed by atoms with E-state index in [0.717, 1.165) is 0 Å². The van der Waals surface area contributed by atoms with E-state index in [1.165, 1.54) is 0 Å². The number of nitrogens with one attached hydrogen (secondary N) is 1. The van der Waals surface area contributed by atoms with Crippen LogP contribution in [0, 0.1) is 0 Å². The molecule has 0 amide bonds. The Balaban J connectivity index is 3.33. The maximum atomic E-state index is 8.79. The van der Waals surface area contributed by atoms with E-state index in [1.807, 2.05) is 0 Å². The van der Waals surface area contributed by atoms with Gasteiger partial charge in [0.05, 0.1) is 6.61 Å². The van der Waals surface area contributed by atoms with E-state index in [2.05, 4.69) is 5.32 Å². The van der Waals surface area contributed by atoms with E-state index in [4.69, 9.17) is 15.3 Å². The molecule has 56 valence electrons. The fraction of sp³-hybridized carbons (Fsp3) is 1.00. The van der Waals surface area contributed by atoms with E-state index in [-0.39, 0.29) is 19.6 Å². The number of hydrogen-bond donors (Lipinski definition) is 4. The zero-order valence-corrected chi connectivity index (χ0v) is 5.46. The SMILES string of the molecule is CCC(O)(O)NCCO.